The summed E-state index contributed by atoms with van der Waals surface area (Å²) in [5.41, 5.74) is 4.56. The molecule has 1 aliphatic heterocycles. The molecule has 0 bridgehead atoms. The summed E-state index contributed by atoms with van der Waals surface area (Å²) in [5.74, 6) is 0.456. The number of nitrogens with one attached hydrogen (secondary N) is 2. The molecule has 5 nitrogen and oxygen atoms in total. The van der Waals surface area contributed by atoms with Crippen molar-refractivity contribution < 1.29 is 18.3 Å². The molecule has 1 saturated heterocycles. The van der Waals surface area contributed by atoms with E-state index in [0.29, 0.717) is 17.8 Å². The Morgan fingerprint density at radius 2 is 2.00 bits per heavy atom. The highest BCUT2D eigenvalue weighted by molar-refractivity contribution is 14.2. The summed E-state index contributed by atoms with van der Waals surface area (Å²) in [4.78, 5) is 5.55. The summed E-state index contributed by atoms with van der Waals surface area (Å²) in [5, 5.41) is 0. The summed E-state index contributed by atoms with van der Waals surface area (Å²) in [6, 6.07) is 6.25. The van der Waals surface area contributed by atoms with E-state index in [4.69, 9.17) is 4.74 Å². The van der Waals surface area contributed by atoms with E-state index in [1.165, 1.54) is 16.2 Å². The lowest BCUT2D eigenvalue weighted by Crippen LogP contribution is -2.52. The SMILES string of the molecule is C.CC.COc1cc([C@@]23CCC(NNSI)CC2N(C)CC3)ccc1OC(F)F. The van der Waals surface area contributed by atoms with Gasteiger partial charge in [-0.3, -0.25) is 0 Å². The van der Waals surface area contributed by atoms with Gasteiger partial charge in [-0.1, -0.05) is 27.3 Å². The number of hydrogen-bond donors (Lipinski definition) is 2. The predicted octanol–water partition coefficient (Wildman–Crippen LogP) is 5.55. The average Bonchev–Trinajstić information content (AvgIpc) is 3.05. The first-order chi connectivity index (χ1) is 13.5. The van der Waals surface area contributed by atoms with E-state index >= 15 is 0 Å². The number of hydrogen-bond acceptors (Lipinski definition) is 6. The zero-order valence-corrected chi connectivity index (χ0v) is 19.8. The number of benzene rings is 1. The molecule has 3 atom stereocenters. The molecule has 0 spiro atoms. The molecular weight excluding hydrogens is 511 g/mol. The smallest absolute Gasteiger partial charge is 0.387 e. The third-order valence-corrected chi connectivity index (χ3v) is 6.64. The maximum atomic E-state index is 12.6. The number of likely N-dealkylation sites (N-methyl/N-ethyl adjacent to an activating group) is 1. The zero-order chi connectivity index (χ0) is 20.7. The van der Waals surface area contributed by atoms with E-state index in [0.717, 1.165) is 37.8 Å². The van der Waals surface area contributed by atoms with Crippen LogP contribution in [-0.2, 0) is 5.41 Å². The van der Waals surface area contributed by atoms with Gasteiger partial charge in [0.25, 0.3) is 0 Å². The molecule has 1 aliphatic carbocycles. The van der Waals surface area contributed by atoms with E-state index in [9.17, 15) is 8.78 Å². The van der Waals surface area contributed by atoms with Crippen LogP contribution in [0.15, 0.2) is 18.2 Å². The fourth-order valence-electron chi connectivity index (χ4n) is 4.52. The highest BCUT2D eigenvalue weighted by atomic mass is 127. The van der Waals surface area contributed by atoms with Crippen LogP contribution >= 0.6 is 30.3 Å². The molecule has 2 unspecified atom stereocenters. The van der Waals surface area contributed by atoms with Crippen LogP contribution in [0.4, 0.5) is 8.78 Å². The first-order valence-corrected chi connectivity index (χ1v) is 13.0. The minimum Gasteiger partial charge on any atom is -0.493 e. The molecule has 1 aromatic carbocycles. The average molecular weight is 545 g/mol. The van der Waals surface area contributed by atoms with Crippen LogP contribution in [0.3, 0.4) is 0 Å². The van der Waals surface area contributed by atoms with Gasteiger partial charge in [0.05, 0.1) is 7.11 Å². The van der Waals surface area contributed by atoms with Crippen LogP contribution in [0.25, 0.3) is 0 Å². The van der Waals surface area contributed by atoms with Crippen molar-refractivity contribution in [2.24, 2.45) is 0 Å². The number of rotatable bonds is 7. The van der Waals surface area contributed by atoms with Gasteiger partial charge in [0.1, 0.15) is 0 Å². The molecule has 1 heterocycles. The number of nitrogens with zero attached hydrogens (tertiary/aromatic N) is 1. The van der Waals surface area contributed by atoms with Gasteiger partial charge >= 0.3 is 6.61 Å². The van der Waals surface area contributed by atoms with Crippen LogP contribution < -0.4 is 19.7 Å². The van der Waals surface area contributed by atoms with Crippen molar-refractivity contribution in [3.05, 3.63) is 23.8 Å². The molecular formula is C20H34F2IN3O2S. The Balaban J connectivity index is 0.00000136. The highest BCUT2D eigenvalue weighted by Crippen LogP contribution is 2.49. The first-order valence-electron chi connectivity index (χ1n) is 9.62. The summed E-state index contributed by atoms with van der Waals surface area (Å²) < 4.78 is 35.1. The van der Waals surface area contributed by atoms with Crippen molar-refractivity contribution >= 4 is 30.3 Å². The van der Waals surface area contributed by atoms with Crippen molar-refractivity contribution in [2.75, 3.05) is 20.7 Å². The Morgan fingerprint density at radius 3 is 2.62 bits per heavy atom. The van der Waals surface area contributed by atoms with Gasteiger partial charge in [-0.05, 0) is 57.0 Å². The summed E-state index contributed by atoms with van der Waals surface area (Å²) >= 11 is 2.20. The Labute approximate surface area is 190 Å². The van der Waals surface area contributed by atoms with Crippen molar-refractivity contribution in [1.29, 1.82) is 0 Å². The van der Waals surface area contributed by atoms with Crippen molar-refractivity contribution in [2.45, 2.75) is 71.1 Å². The fraction of sp³-hybridized carbons (Fsp3) is 0.700. The molecule has 2 aliphatic rings. The molecule has 1 saturated carbocycles. The second-order valence-corrected chi connectivity index (χ2v) is 8.62. The van der Waals surface area contributed by atoms with E-state index < -0.39 is 6.61 Å². The lowest BCUT2D eigenvalue weighted by Gasteiger charge is -2.45. The van der Waals surface area contributed by atoms with Crippen molar-refractivity contribution in [3.8, 4) is 11.5 Å². The number of methoxy groups -OCH3 is 1. The lowest BCUT2D eigenvalue weighted by atomic mass is 9.65. The monoisotopic (exact) mass is 545 g/mol. The number of halogens is 3. The topological polar surface area (TPSA) is 45.8 Å². The van der Waals surface area contributed by atoms with Gasteiger partial charge < -0.3 is 14.4 Å². The molecule has 29 heavy (non-hydrogen) atoms. The Kier molecular flexibility index (Phi) is 11.5. The number of ether oxygens (including phenoxy) is 2. The second-order valence-electron chi connectivity index (χ2n) is 6.94. The Morgan fingerprint density at radius 1 is 1.28 bits per heavy atom. The molecule has 2 fully saturated rings. The highest BCUT2D eigenvalue weighted by Gasteiger charge is 2.50. The quantitative estimate of drug-likeness (QED) is 0.267. The number of hydrazine groups is 1. The molecule has 9 heteroatoms. The minimum atomic E-state index is -2.86. The minimum absolute atomic E-state index is 0. The van der Waals surface area contributed by atoms with Gasteiger partial charge in [-0.2, -0.15) is 13.6 Å². The lowest BCUT2D eigenvalue weighted by molar-refractivity contribution is -0.0512. The van der Waals surface area contributed by atoms with Gasteiger partial charge in [0, 0.05) is 47.8 Å². The van der Waals surface area contributed by atoms with Gasteiger partial charge in [0.2, 0.25) is 0 Å². The third-order valence-electron chi connectivity index (χ3n) is 5.78. The number of alkyl halides is 2. The van der Waals surface area contributed by atoms with Crippen LogP contribution in [0.1, 0.15) is 52.5 Å². The van der Waals surface area contributed by atoms with Crippen LogP contribution in [-0.4, -0.2) is 44.3 Å². The van der Waals surface area contributed by atoms with Crippen LogP contribution in [0, 0.1) is 0 Å². The third kappa shape index (κ3) is 6.09. The molecule has 2 N–H and O–H groups in total. The Hall–Kier alpha value is -0.360. The molecule has 3 rings (SSSR count). The second kappa shape index (κ2) is 12.5. The van der Waals surface area contributed by atoms with Crippen LogP contribution in [0.2, 0.25) is 0 Å². The van der Waals surface area contributed by atoms with Crippen LogP contribution in [0.5, 0.6) is 11.5 Å². The number of fused-ring (bicyclic) bond motifs is 1. The zero-order valence-electron chi connectivity index (χ0n) is 16.8. The standard InChI is InChI=1S/C17H24F2IN3O2S.C2H6.CH4/c1-23-8-7-17(6-5-12(10-15(17)23)21-22-26-20)11-3-4-13(25-16(18)19)14(9-11)24-2;1-2;/h3-4,9,12,15-16,21-22H,5-8,10H2,1-2H3;1-2H3;1H4/t12?,15?,17-;;/m0../s1. The normalized spacial score (nSPS) is 26.2. The first kappa shape index (κ1) is 26.7. The van der Waals surface area contributed by atoms with E-state index in [1.807, 2.05) is 26.0 Å². The maximum absolute atomic E-state index is 12.6. The van der Waals surface area contributed by atoms with Gasteiger partial charge in [-0.15, -0.1) is 0 Å². The molecule has 1 aromatic rings. The van der Waals surface area contributed by atoms with E-state index in [1.54, 1.807) is 6.07 Å². The van der Waals surface area contributed by atoms with Gasteiger partial charge in [0.15, 0.2) is 11.5 Å². The fourth-order valence-corrected chi connectivity index (χ4v) is 5.12. The molecule has 0 aromatic heterocycles. The summed E-state index contributed by atoms with van der Waals surface area (Å²) in [6.45, 7) is 2.17. The van der Waals surface area contributed by atoms with Crippen molar-refractivity contribution in [1.82, 2.24) is 15.2 Å². The van der Waals surface area contributed by atoms with E-state index in [-0.39, 0.29) is 18.6 Å². The molecule has 0 radical (unpaired) electrons. The largest absolute Gasteiger partial charge is 0.493 e. The maximum Gasteiger partial charge on any atom is 0.387 e. The Bertz CT molecular complexity index is 629. The number of likely N-dealkylation sites (tertiary alicyclic amines) is 1. The van der Waals surface area contributed by atoms with E-state index in [2.05, 4.69) is 48.1 Å². The predicted molar refractivity (Wildman–Crippen MR) is 126 cm³/mol. The summed E-state index contributed by atoms with van der Waals surface area (Å²) in [7, 11) is 5.19. The van der Waals surface area contributed by atoms with Gasteiger partial charge in [-0.25, -0.2) is 5.43 Å². The molecule has 168 valence electrons. The van der Waals surface area contributed by atoms with Crippen molar-refractivity contribution in [3.63, 3.8) is 0 Å². The molecule has 0 amide bonds. The summed E-state index contributed by atoms with van der Waals surface area (Å²) in [6.07, 6.45) is 4.21.